The van der Waals surface area contributed by atoms with Gasteiger partial charge in [-0.25, -0.2) is 0 Å². The first-order chi connectivity index (χ1) is 10.2. The minimum Gasteiger partial charge on any atom is -0.496 e. The fourth-order valence-corrected chi connectivity index (χ4v) is 2.40. The van der Waals surface area contributed by atoms with E-state index in [-0.39, 0.29) is 5.56 Å². The van der Waals surface area contributed by atoms with Crippen molar-refractivity contribution in [3.05, 3.63) is 30.1 Å². The zero-order valence-electron chi connectivity index (χ0n) is 11.6. The van der Waals surface area contributed by atoms with E-state index in [9.17, 15) is 4.79 Å². The highest BCUT2D eigenvalue weighted by molar-refractivity contribution is 6.07. The highest BCUT2D eigenvalue weighted by Gasteiger charge is 2.24. The normalized spacial score (nSPS) is 10.8. The van der Waals surface area contributed by atoms with Gasteiger partial charge in [0.25, 0.3) is 5.91 Å². The van der Waals surface area contributed by atoms with Crippen LogP contribution in [0.5, 0.6) is 11.5 Å². The van der Waals surface area contributed by atoms with Gasteiger partial charge in [-0.1, -0.05) is 0 Å². The largest absolute Gasteiger partial charge is 0.496 e. The van der Waals surface area contributed by atoms with Crippen molar-refractivity contribution in [2.45, 2.75) is 0 Å². The van der Waals surface area contributed by atoms with Gasteiger partial charge in [0, 0.05) is 17.8 Å². The molecule has 21 heavy (non-hydrogen) atoms. The number of primary amides is 1. The van der Waals surface area contributed by atoms with Crippen molar-refractivity contribution in [1.82, 2.24) is 15.2 Å². The molecule has 0 atom stereocenters. The Balaban J connectivity index is 2.39. The molecule has 0 aliphatic rings. The number of rotatable bonds is 4. The fourth-order valence-electron chi connectivity index (χ4n) is 2.40. The zero-order valence-corrected chi connectivity index (χ0v) is 11.6. The van der Waals surface area contributed by atoms with Crippen molar-refractivity contribution >= 4 is 16.8 Å². The molecule has 0 fully saturated rings. The van der Waals surface area contributed by atoms with Gasteiger partial charge in [-0.2, -0.15) is 5.10 Å². The molecule has 7 heteroatoms. The predicted molar refractivity (Wildman–Crippen MR) is 77.5 cm³/mol. The predicted octanol–water partition coefficient (Wildman–Crippen LogP) is 1.67. The second-order valence-electron chi connectivity index (χ2n) is 4.44. The van der Waals surface area contributed by atoms with Gasteiger partial charge in [-0.3, -0.25) is 9.89 Å². The monoisotopic (exact) mass is 286 g/mol. The first-order valence-electron chi connectivity index (χ1n) is 6.23. The molecule has 2 heterocycles. The Kier molecular flexibility index (Phi) is 3.02. The van der Waals surface area contributed by atoms with E-state index in [1.165, 1.54) is 14.2 Å². The number of amides is 1. The van der Waals surface area contributed by atoms with Crippen LogP contribution in [0.2, 0.25) is 0 Å². The standard InChI is InChI=1S/C14H14N4O3/c1-20-9-3-4-10(21-2)12(14(15)19)11(9)13-7-5-16-6-8(7)17-18-13/h3-6,16-17H,1-2H3,(H2,15,19). The summed E-state index contributed by atoms with van der Waals surface area (Å²) in [4.78, 5) is 14.9. The van der Waals surface area contributed by atoms with Crippen LogP contribution in [0.15, 0.2) is 24.5 Å². The number of carbonyl (C=O) groups excluding carboxylic acids is 1. The molecule has 1 amide bonds. The van der Waals surface area contributed by atoms with Gasteiger partial charge in [0.1, 0.15) is 17.2 Å². The van der Waals surface area contributed by atoms with Gasteiger partial charge in [-0.05, 0) is 12.1 Å². The van der Waals surface area contributed by atoms with Crippen LogP contribution >= 0.6 is 0 Å². The average Bonchev–Trinajstić information content (AvgIpc) is 3.08. The molecule has 7 nitrogen and oxygen atoms in total. The minimum atomic E-state index is -0.604. The first-order valence-corrected chi connectivity index (χ1v) is 6.23. The number of H-pyrrole nitrogens is 2. The topological polar surface area (TPSA) is 106 Å². The molecule has 0 radical (unpaired) electrons. The summed E-state index contributed by atoms with van der Waals surface area (Å²) in [6.07, 6.45) is 3.57. The summed E-state index contributed by atoms with van der Waals surface area (Å²) in [5, 5.41) is 7.99. The molecule has 3 rings (SSSR count). The van der Waals surface area contributed by atoms with E-state index in [0.29, 0.717) is 22.8 Å². The molecule has 3 aromatic rings. The Morgan fingerprint density at radius 2 is 1.90 bits per heavy atom. The number of hydrogen-bond acceptors (Lipinski definition) is 4. The van der Waals surface area contributed by atoms with Gasteiger partial charge >= 0.3 is 0 Å². The second-order valence-corrected chi connectivity index (χ2v) is 4.44. The summed E-state index contributed by atoms with van der Waals surface area (Å²) in [6, 6.07) is 3.36. The Hall–Kier alpha value is -2.96. The smallest absolute Gasteiger partial charge is 0.253 e. The average molecular weight is 286 g/mol. The Morgan fingerprint density at radius 3 is 2.57 bits per heavy atom. The van der Waals surface area contributed by atoms with Crippen molar-refractivity contribution in [3.63, 3.8) is 0 Å². The third-order valence-electron chi connectivity index (χ3n) is 3.34. The maximum Gasteiger partial charge on any atom is 0.253 e. The van der Waals surface area contributed by atoms with Crippen LogP contribution in [-0.2, 0) is 0 Å². The van der Waals surface area contributed by atoms with Crippen LogP contribution in [0.1, 0.15) is 10.4 Å². The Labute approximate surface area is 120 Å². The van der Waals surface area contributed by atoms with Gasteiger partial charge in [-0.15, -0.1) is 0 Å². The molecule has 1 aromatic carbocycles. The van der Waals surface area contributed by atoms with E-state index in [2.05, 4.69) is 15.2 Å². The second kappa shape index (κ2) is 4.86. The van der Waals surface area contributed by atoms with Crippen LogP contribution < -0.4 is 15.2 Å². The first kappa shape index (κ1) is 13.0. The molecule has 0 spiro atoms. The molecule has 0 saturated carbocycles. The van der Waals surface area contributed by atoms with Gasteiger partial charge in [0.15, 0.2) is 0 Å². The summed E-state index contributed by atoms with van der Waals surface area (Å²) in [6.45, 7) is 0. The van der Waals surface area contributed by atoms with Crippen molar-refractivity contribution in [1.29, 1.82) is 0 Å². The molecule has 0 aliphatic carbocycles. The van der Waals surface area contributed by atoms with Crippen LogP contribution in [0.3, 0.4) is 0 Å². The number of fused-ring (bicyclic) bond motifs is 1. The molecule has 0 unspecified atom stereocenters. The number of nitrogens with two attached hydrogens (primary N) is 1. The minimum absolute atomic E-state index is 0.242. The van der Waals surface area contributed by atoms with E-state index in [4.69, 9.17) is 15.2 Å². The van der Waals surface area contributed by atoms with E-state index >= 15 is 0 Å². The Bertz CT molecular complexity index is 819. The lowest BCUT2D eigenvalue weighted by Crippen LogP contribution is -2.14. The molecule has 0 saturated heterocycles. The number of nitrogens with one attached hydrogen (secondary N) is 2. The molecule has 0 aliphatic heterocycles. The molecular formula is C14H14N4O3. The summed E-state index contributed by atoms with van der Waals surface area (Å²) >= 11 is 0. The maximum atomic E-state index is 11.9. The van der Waals surface area contributed by atoms with Gasteiger partial charge in [0.05, 0.1) is 30.9 Å². The number of carbonyl (C=O) groups is 1. The van der Waals surface area contributed by atoms with E-state index in [1.807, 2.05) is 0 Å². The zero-order chi connectivity index (χ0) is 15.0. The maximum absolute atomic E-state index is 11.9. The number of benzene rings is 1. The summed E-state index contributed by atoms with van der Waals surface area (Å²) in [5.41, 5.74) is 7.68. The number of aromatic nitrogens is 3. The van der Waals surface area contributed by atoms with Crippen molar-refractivity contribution in [3.8, 4) is 22.8 Å². The lowest BCUT2D eigenvalue weighted by molar-refractivity contribution is 0.0997. The number of nitrogens with zero attached hydrogens (tertiary/aromatic N) is 1. The third-order valence-corrected chi connectivity index (χ3v) is 3.34. The molecular weight excluding hydrogens is 272 g/mol. The van der Waals surface area contributed by atoms with E-state index in [0.717, 1.165) is 10.9 Å². The lowest BCUT2D eigenvalue weighted by atomic mass is 10.00. The van der Waals surface area contributed by atoms with Crippen molar-refractivity contribution < 1.29 is 14.3 Å². The fraction of sp³-hybridized carbons (Fsp3) is 0.143. The van der Waals surface area contributed by atoms with E-state index < -0.39 is 5.91 Å². The highest BCUT2D eigenvalue weighted by atomic mass is 16.5. The third kappa shape index (κ3) is 1.90. The number of ether oxygens (including phenoxy) is 2. The summed E-state index contributed by atoms with van der Waals surface area (Å²) in [5.74, 6) is 0.275. The SMILES string of the molecule is COc1ccc(OC)c(-c2n[nH]c3c[nH]cc23)c1C(N)=O. The van der Waals surface area contributed by atoms with Crippen LogP contribution in [0.4, 0.5) is 0 Å². The summed E-state index contributed by atoms with van der Waals surface area (Å²) < 4.78 is 10.6. The molecule has 2 aromatic heterocycles. The van der Waals surface area contributed by atoms with Crippen molar-refractivity contribution in [2.24, 2.45) is 5.73 Å². The Morgan fingerprint density at radius 1 is 1.19 bits per heavy atom. The van der Waals surface area contributed by atoms with Crippen LogP contribution in [0.25, 0.3) is 22.2 Å². The van der Waals surface area contributed by atoms with Crippen LogP contribution in [0, 0.1) is 0 Å². The van der Waals surface area contributed by atoms with Gasteiger partial charge < -0.3 is 20.2 Å². The molecule has 4 N–H and O–H groups in total. The number of hydrogen-bond donors (Lipinski definition) is 3. The quantitative estimate of drug-likeness (QED) is 0.678. The van der Waals surface area contributed by atoms with E-state index in [1.54, 1.807) is 24.5 Å². The molecule has 0 bridgehead atoms. The summed E-state index contributed by atoms with van der Waals surface area (Å²) in [7, 11) is 3.01. The number of aromatic amines is 2. The number of methoxy groups -OCH3 is 2. The lowest BCUT2D eigenvalue weighted by Gasteiger charge is -2.14. The molecule has 108 valence electrons. The highest BCUT2D eigenvalue weighted by Crippen LogP contribution is 2.40. The van der Waals surface area contributed by atoms with Crippen molar-refractivity contribution in [2.75, 3.05) is 14.2 Å². The van der Waals surface area contributed by atoms with Gasteiger partial charge in [0.2, 0.25) is 0 Å². The van der Waals surface area contributed by atoms with Crippen LogP contribution in [-0.4, -0.2) is 35.3 Å².